The second kappa shape index (κ2) is 9.15. The molecule has 5 nitrogen and oxygen atoms in total. The van der Waals surface area contributed by atoms with E-state index in [-0.39, 0.29) is 11.6 Å². The van der Waals surface area contributed by atoms with Crippen LogP contribution in [0.3, 0.4) is 0 Å². The van der Waals surface area contributed by atoms with Crippen LogP contribution >= 0.6 is 0 Å². The van der Waals surface area contributed by atoms with Crippen LogP contribution in [0.1, 0.15) is 6.42 Å². The zero-order valence-corrected chi connectivity index (χ0v) is 16.4. The number of alkyl halides is 3. The van der Waals surface area contributed by atoms with Crippen LogP contribution in [0.5, 0.6) is 0 Å². The van der Waals surface area contributed by atoms with Crippen molar-refractivity contribution in [1.82, 2.24) is 15.1 Å². The number of rotatable bonds is 4. The van der Waals surface area contributed by atoms with E-state index in [0.717, 1.165) is 12.1 Å². The zero-order chi connectivity index (χ0) is 21.0. The summed E-state index contributed by atoms with van der Waals surface area (Å²) in [4.78, 5) is 9.52. The Morgan fingerprint density at radius 3 is 2.52 bits per heavy atom. The smallest absolute Gasteiger partial charge is 0.366 e. The normalized spacial score (nSPS) is 21.7. The summed E-state index contributed by atoms with van der Waals surface area (Å²) in [5.41, 5.74) is 0.253. The van der Waals surface area contributed by atoms with Gasteiger partial charge in [-0.3, -0.25) is 9.89 Å². The van der Waals surface area contributed by atoms with Gasteiger partial charge in [0.25, 0.3) is 0 Å². The lowest BCUT2D eigenvalue weighted by Gasteiger charge is -2.38. The van der Waals surface area contributed by atoms with Gasteiger partial charge in [-0.2, -0.15) is 13.2 Å². The van der Waals surface area contributed by atoms with Gasteiger partial charge in [0.15, 0.2) is 5.96 Å². The van der Waals surface area contributed by atoms with Crippen LogP contribution in [-0.2, 0) is 0 Å². The van der Waals surface area contributed by atoms with Crippen molar-refractivity contribution in [2.24, 2.45) is 10.9 Å². The molecule has 0 aliphatic carbocycles. The molecule has 0 aromatic heterocycles. The molecule has 29 heavy (non-hydrogen) atoms. The molecule has 2 aliphatic rings. The average molecular weight is 419 g/mol. The van der Waals surface area contributed by atoms with Gasteiger partial charge in [-0.05, 0) is 31.0 Å². The molecule has 1 aromatic rings. The summed E-state index contributed by atoms with van der Waals surface area (Å²) in [5, 5.41) is 3.25. The molecule has 0 bridgehead atoms. The highest BCUT2D eigenvalue weighted by Gasteiger charge is 2.34. The maximum atomic E-state index is 14.0. The van der Waals surface area contributed by atoms with Crippen molar-refractivity contribution in [3.63, 3.8) is 0 Å². The zero-order valence-electron chi connectivity index (χ0n) is 16.4. The van der Waals surface area contributed by atoms with E-state index in [1.807, 2.05) is 4.90 Å². The Morgan fingerprint density at radius 2 is 1.86 bits per heavy atom. The molecule has 1 unspecified atom stereocenters. The Hall–Kier alpha value is -2.10. The van der Waals surface area contributed by atoms with Crippen LogP contribution in [0, 0.1) is 17.6 Å². The van der Waals surface area contributed by atoms with E-state index in [0.29, 0.717) is 58.2 Å². The molecule has 0 spiro atoms. The lowest BCUT2D eigenvalue weighted by atomic mass is 10.1. The van der Waals surface area contributed by atoms with E-state index in [4.69, 9.17) is 0 Å². The molecule has 0 amide bonds. The van der Waals surface area contributed by atoms with Crippen LogP contribution in [0.4, 0.5) is 27.6 Å². The Morgan fingerprint density at radius 1 is 1.14 bits per heavy atom. The molecule has 1 aromatic carbocycles. The number of guanidine groups is 1. The van der Waals surface area contributed by atoms with Gasteiger partial charge in [0.2, 0.25) is 0 Å². The SMILES string of the molecule is CN=C(NCC1CCN(CC(F)(F)F)C1)N1CCN(c2cc(F)ccc2F)CC1. The van der Waals surface area contributed by atoms with Gasteiger partial charge in [-0.15, -0.1) is 0 Å². The summed E-state index contributed by atoms with van der Waals surface area (Å²) in [7, 11) is 1.66. The second-order valence-corrected chi connectivity index (χ2v) is 7.50. The van der Waals surface area contributed by atoms with Crippen LogP contribution in [0.2, 0.25) is 0 Å². The van der Waals surface area contributed by atoms with Crippen molar-refractivity contribution in [3.8, 4) is 0 Å². The first-order chi connectivity index (χ1) is 13.7. The number of nitrogens with one attached hydrogen (secondary N) is 1. The molecule has 10 heteroatoms. The number of anilines is 1. The largest absolute Gasteiger partial charge is 0.401 e. The van der Waals surface area contributed by atoms with Crippen molar-refractivity contribution < 1.29 is 22.0 Å². The summed E-state index contributed by atoms with van der Waals surface area (Å²) in [6.45, 7) is 2.75. The first kappa shape index (κ1) is 21.6. The predicted octanol–water partition coefficient (Wildman–Crippen LogP) is 2.55. The number of hydrogen-bond acceptors (Lipinski definition) is 3. The van der Waals surface area contributed by atoms with E-state index in [1.165, 1.54) is 11.0 Å². The van der Waals surface area contributed by atoms with Crippen LogP contribution < -0.4 is 10.2 Å². The molecular weight excluding hydrogens is 393 g/mol. The van der Waals surface area contributed by atoms with E-state index < -0.39 is 24.4 Å². The maximum absolute atomic E-state index is 14.0. The molecule has 2 saturated heterocycles. The fraction of sp³-hybridized carbons (Fsp3) is 0.632. The molecule has 162 valence electrons. The highest BCUT2D eigenvalue weighted by molar-refractivity contribution is 5.80. The van der Waals surface area contributed by atoms with Gasteiger partial charge in [0.05, 0.1) is 12.2 Å². The summed E-state index contributed by atoms with van der Waals surface area (Å²) in [5.74, 6) is -0.111. The molecule has 2 heterocycles. The third kappa shape index (κ3) is 5.94. The van der Waals surface area contributed by atoms with Gasteiger partial charge in [0, 0.05) is 52.4 Å². The number of nitrogens with zero attached hydrogens (tertiary/aromatic N) is 4. The Balaban J connectivity index is 1.47. The first-order valence-corrected chi connectivity index (χ1v) is 9.70. The van der Waals surface area contributed by atoms with Gasteiger partial charge >= 0.3 is 6.18 Å². The Labute approximate surface area is 167 Å². The van der Waals surface area contributed by atoms with Gasteiger partial charge in [-0.25, -0.2) is 8.78 Å². The van der Waals surface area contributed by atoms with Crippen molar-refractivity contribution in [2.45, 2.75) is 12.6 Å². The highest BCUT2D eigenvalue weighted by Crippen LogP contribution is 2.23. The predicted molar refractivity (Wildman–Crippen MR) is 102 cm³/mol. The number of piperazine rings is 1. The highest BCUT2D eigenvalue weighted by atomic mass is 19.4. The molecular formula is C19H26F5N5. The van der Waals surface area contributed by atoms with Crippen molar-refractivity contribution in [2.75, 3.05) is 64.3 Å². The number of halogens is 5. The van der Waals surface area contributed by atoms with Gasteiger partial charge < -0.3 is 15.1 Å². The molecule has 0 radical (unpaired) electrons. The minimum Gasteiger partial charge on any atom is -0.366 e. The van der Waals surface area contributed by atoms with Crippen LogP contribution in [0.25, 0.3) is 0 Å². The fourth-order valence-corrected chi connectivity index (χ4v) is 3.93. The van der Waals surface area contributed by atoms with Crippen LogP contribution in [0.15, 0.2) is 23.2 Å². The van der Waals surface area contributed by atoms with E-state index in [9.17, 15) is 22.0 Å². The van der Waals surface area contributed by atoms with Gasteiger partial charge in [0.1, 0.15) is 11.6 Å². The minimum atomic E-state index is -4.17. The monoisotopic (exact) mass is 419 g/mol. The van der Waals surface area contributed by atoms with Gasteiger partial charge in [-0.1, -0.05) is 0 Å². The van der Waals surface area contributed by atoms with Crippen molar-refractivity contribution >= 4 is 11.6 Å². The van der Waals surface area contributed by atoms with Crippen LogP contribution in [-0.4, -0.2) is 81.3 Å². The molecule has 1 atom stereocenters. The van der Waals surface area contributed by atoms with Crippen molar-refractivity contribution in [1.29, 1.82) is 0 Å². The minimum absolute atomic E-state index is 0.136. The third-order valence-corrected chi connectivity index (χ3v) is 5.36. The number of hydrogen-bond donors (Lipinski definition) is 1. The molecule has 2 aliphatic heterocycles. The number of aliphatic imine (C=N–C) groups is 1. The molecule has 3 rings (SSSR count). The molecule has 0 saturated carbocycles. The summed E-state index contributed by atoms with van der Waals surface area (Å²) in [6.07, 6.45) is -3.45. The lowest BCUT2D eigenvalue weighted by Crippen LogP contribution is -2.53. The average Bonchev–Trinajstić information content (AvgIpc) is 3.10. The summed E-state index contributed by atoms with van der Waals surface area (Å²) < 4.78 is 64.9. The second-order valence-electron chi connectivity index (χ2n) is 7.50. The number of benzene rings is 1. The molecule has 1 N–H and O–H groups in total. The first-order valence-electron chi connectivity index (χ1n) is 9.70. The Bertz CT molecular complexity index is 715. The Kier molecular flexibility index (Phi) is 6.81. The summed E-state index contributed by atoms with van der Waals surface area (Å²) >= 11 is 0. The van der Waals surface area contributed by atoms with E-state index in [1.54, 1.807) is 11.9 Å². The number of likely N-dealkylation sites (tertiary alicyclic amines) is 1. The topological polar surface area (TPSA) is 34.1 Å². The third-order valence-electron chi connectivity index (χ3n) is 5.36. The van der Waals surface area contributed by atoms with Crippen molar-refractivity contribution in [3.05, 3.63) is 29.8 Å². The van der Waals surface area contributed by atoms with E-state index in [2.05, 4.69) is 10.3 Å². The fourth-order valence-electron chi connectivity index (χ4n) is 3.93. The standard InChI is InChI=1S/C19H26F5N5/c1-25-18(26-11-14-4-5-27(12-14)13-19(22,23)24)29-8-6-28(7-9-29)17-10-15(20)2-3-16(17)21/h2-3,10,14H,4-9,11-13H2,1H3,(H,25,26). The molecule has 2 fully saturated rings. The van der Waals surface area contributed by atoms with E-state index >= 15 is 0 Å². The maximum Gasteiger partial charge on any atom is 0.401 e. The lowest BCUT2D eigenvalue weighted by molar-refractivity contribution is -0.143. The quantitative estimate of drug-likeness (QED) is 0.462. The summed E-state index contributed by atoms with van der Waals surface area (Å²) in [6, 6.07) is 3.42.